The van der Waals surface area contributed by atoms with E-state index in [2.05, 4.69) is 0 Å². The zero-order valence-corrected chi connectivity index (χ0v) is 14.4. The maximum absolute atomic E-state index is 12.6. The molecule has 0 spiro atoms. The zero-order chi connectivity index (χ0) is 18.6. The van der Waals surface area contributed by atoms with Gasteiger partial charge < -0.3 is 4.79 Å². The van der Waals surface area contributed by atoms with Crippen LogP contribution < -0.4 is 0 Å². The molecule has 3 aliphatic carbocycles. The van der Waals surface area contributed by atoms with E-state index in [1.54, 1.807) is 6.08 Å². The van der Waals surface area contributed by atoms with Crippen LogP contribution in [0, 0.1) is 44.8 Å². The second-order valence-electron chi connectivity index (χ2n) is 7.84. The quantitative estimate of drug-likeness (QED) is 0.686. The summed E-state index contributed by atoms with van der Waals surface area (Å²) in [6.07, 6.45) is 6.26. The molecule has 0 aromatic heterocycles. The van der Waals surface area contributed by atoms with Gasteiger partial charge in [-0.1, -0.05) is 26.8 Å². The number of nitriles is 2. The number of hydrogen-bond donors (Lipinski definition) is 0. The molecule has 126 valence electrons. The molecule has 0 bridgehead atoms. The minimum atomic E-state index is -1.03. The molecule has 1 unspecified atom stereocenters. The lowest BCUT2D eigenvalue weighted by molar-refractivity contribution is -0.130. The molecular weight excluding hydrogens is 316 g/mol. The number of hydrogen-bond acceptors (Lipinski definition) is 5. The van der Waals surface area contributed by atoms with Crippen molar-refractivity contribution in [2.24, 2.45) is 22.2 Å². The number of nitrogens with zero attached hydrogens (tertiary/aromatic N) is 2. The molecule has 0 radical (unpaired) electrons. The van der Waals surface area contributed by atoms with Crippen molar-refractivity contribution < 1.29 is 14.4 Å². The molecule has 5 heteroatoms. The molecule has 0 N–H and O–H groups in total. The molecule has 0 saturated heterocycles. The number of fused-ring (bicyclic) bond motifs is 3. The van der Waals surface area contributed by atoms with Crippen LogP contribution in [0.4, 0.5) is 0 Å². The molecule has 0 heterocycles. The van der Waals surface area contributed by atoms with Crippen LogP contribution in [0.25, 0.3) is 0 Å². The van der Waals surface area contributed by atoms with Crippen molar-refractivity contribution in [3.8, 4) is 12.1 Å². The van der Waals surface area contributed by atoms with E-state index >= 15 is 0 Å². The van der Waals surface area contributed by atoms with Gasteiger partial charge in [-0.2, -0.15) is 10.5 Å². The topological polar surface area (TPSA) is 98.8 Å². The number of carbonyl (C=O) groups is 3. The average Bonchev–Trinajstić information content (AvgIpc) is 2.58. The van der Waals surface area contributed by atoms with Crippen molar-refractivity contribution in [2.75, 3.05) is 0 Å². The summed E-state index contributed by atoms with van der Waals surface area (Å²) in [4.78, 5) is 37.0. The predicted molar refractivity (Wildman–Crippen MR) is 88.6 cm³/mol. The Balaban J connectivity index is 2.30. The first-order chi connectivity index (χ1) is 11.7. The van der Waals surface area contributed by atoms with E-state index in [0.29, 0.717) is 18.4 Å². The number of Topliss-reactive ketones (excluding diaryl/α,β-unsaturated/α-hetero) is 1. The molecule has 0 aliphatic heterocycles. The van der Waals surface area contributed by atoms with Crippen molar-refractivity contribution in [3.05, 3.63) is 34.9 Å². The minimum Gasteiger partial charge on any atom is -0.302 e. The van der Waals surface area contributed by atoms with Crippen LogP contribution in [0.15, 0.2) is 34.9 Å². The molecule has 0 aromatic carbocycles. The Morgan fingerprint density at radius 3 is 2.32 bits per heavy atom. The first-order valence-corrected chi connectivity index (χ1v) is 8.20. The fourth-order valence-electron chi connectivity index (χ4n) is 4.97. The first-order valence-electron chi connectivity index (χ1n) is 8.20. The van der Waals surface area contributed by atoms with Crippen molar-refractivity contribution in [2.45, 2.75) is 33.6 Å². The summed E-state index contributed by atoms with van der Waals surface area (Å²) in [5.74, 6) is -0.765. The van der Waals surface area contributed by atoms with Crippen molar-refractivity contribution in [1.29, 1.82) is 10.5 Å². The average molecular weight is 334 g/mol. The van der Waals surface area contributed by atoms with Gasteiger partial charge in [0.15, 0.2) is 11.6 Å². The lowest BCUT2D eigenvalue weighted by Crippen LogP contribution is -2.54. The van der Waals surface area contributed by atoms with Crippen molar-refractivity contribution in [3.63, 3.8) is 0 Å². The van der Waals surface area contributed by atoms with E-state index in [1.807, 2.05) is 32.9 Å². The molecule has 0 aromatic rings. The largest absolute Gasteiger partial charge is 0.302 e. The van der Waals surface area contributed by atoms with Gasteiger partial charge in [0.2, 0.25) is 0 Å². The summed E-state index contributed by atoms with van der Waals surface area (Å²) in [5.41, 5.74) is -1.95. The summed E-state index contributed by atoms with van der Waals surface area (Å²) in [7, 11) is 0. The predicted octanol–water partition coefficient (Wildman–Crippen LogP) is 2.61. The van der Waals surface area contributed by atoms with E-state index in [1.165, 1.54) is 12.2 Å². The van der Waals surface area contributed by atoms with Gasteiger partial charge in [-0.15, -0.1) is 0 Å². The van der Waals surface area contributed by atoms with E-state index in [-0.39, 0.29) is 22.8 Å². The standard InChI is InChI=1S/C20H18N2O3/c1-18(2)15-4-5-20(11-23)8-12(9-21)14(24)6-16(20)19(15,3)7-13(10-22)17(18)25/h6-8,11,15H,4-5H2,1-3H3/t15-,19?,20-/m0/s1. The Hall–Kier alpha value is -2.79. The van der Waals surface area contributed by atoms with Crippen LogP contribution in [0.1, 0.15) is 33.6 Å². The minimum absolute atomic E-state index is 0.0338. The molecule has 1 saturated carbocycles. The van der Waals surface area contributed by atoms with Gasteiger partial charge in [0.05, 0.1) is 16.6 Å². The summed E-state index contributed by atoms with van der Waals surface area (Å²) in [5, 5.41) is 18.6. The monoisotopic (exact) mass is 334 g/mol. The molecule has 0 amide bonds. The number of rotatable bonds is 1. The van der Waals surface area contributed by atoms with Crippen molar-refractivity contribution in [1.82, 2.24) is 0 Å². The van der Waals surface area contributed by atoms with Gasteiger partial charge in [-0.3, -0.25) is 9.59 Å². The summed E-state index contributed by atoms with van der Waals surface area (Å²) >= 11 is 0. The summed E-state index contributed by atoms with van der Waals surface area (Å²) in [6.45, 7) is 5.52. The SMILES string of the molecule is CC1(C)C(=O)C(C#N)=CC2(C)C3=CC(=O)C(C#N)=C[C@]3(C=O)CC[C@@H]12. The Bertz CT molecular complexity index is 891. The molecule has 1 fully saturated rings. The van der Waals surface area contributed by atoms with Crippen LogP contribution in [0.3, 0.4) is 0 Å². The Morgan fingerprint density at radius 2 is 1.76 bits per heavy atom. The van der Waals surface area contributed by atoms with E-state index in [0.717, 1.165) is 6.29 Å². The Kier molecular flexibility index (Phi) is 3.48. The molecule has 25 heavy (non-hydrogen) atoms. The van der Waals surface area contributed by atoms with E-state index < -0.39 is 22.0 Å². The third-order valence-corrected chi connectivity index (χ3v) is 6.19. The first kappa shape index (κ1) is 17.0. The van der Waals surface area contributed by atoms with Gasteiger partial charge in [0.1, 0.15) is 18.4 Å². The molecule has 5 nitrogen and oxygen atoms in total. The fraction of sp³-hybridized carbons (Fsp3) is 0.450. The number of allylic oxidation sites excluding steroid dienone is 6. The third-order valence-electron chi connectivity index (χ3n) is 6.19. The Labute approximate surface area is 146 Å². The number of ketones is 2. The maximum Gasteiger partial charge on any atom is 0.196 e. The van der Waals surface area contributed by atoms with Crippen LogP contribution >= 0.6 is 0 Å². The lowest BCUT2D eigenvalue weighted by atomic mass is 9.45. The molecule has 3 rings (SSSR count). The van der Waals surface area contributed by atoms with Gasteiger partial charge in [-0.05, 0) is 36.5 Å². The Morgan fingerprint density at radius 1 is 1.12 bits per heavy atom. The van der Waals surface area contributed by atoms with Gasteiger partial charge in [-0.25, -0.2) is 0 Å². The normalized spacial score (nSPS) is 35.9. The van der Waals surface area contributed by atoms with E-state index in [9.17, 15) is 24.9 Å². The zero-order valence-electron chi connectivity index (χ0n) is 14.4. The van der Waals surface area contributed by atoms with Crippen molar-refractivity contribution >= 4 is 17.9 Å². The van der Waals surface area contributed by atoms with Gasteiger partial charge >= 0.3 is 0 Å². The highest BCUT2D eigenvalue weighted by Crippen LogP contribution is 2.62. The van der Waals surface area contributed by atoms with Crippen LogP contribution in [-0.4, -0.2) is 17.9 Å². The number of aldehydes is 1. The second-order valence-corrected chi connectivity index (χ2v) is 7.84. The lowest BCUT2D eigenvalue weighted by Gasteiger charge is -2.56. The molecule has 3 aliphatic rings. The highest BCUT2D eigenvalue weighted by molar-refractivity contribution is 6.10. The number of carbonyl (C=O) groups excluding carboxylic acids is 3. The summed E-state index contributed by atoms with van der Waals surface area (Å²) < 4.78 is 0. The van der Waals surface area contributed by atoms with Crippen LogP contribution in [0.5, 0.6) is 0 Å². The van der Waals surface area contributed by atoms with E-state index in [4.69, 9.17) is 0 Å². The second kappa shape index (κ2) is 5.10. The fourth-order valence-corrected chi connectivity index (χ4v) is 4.97. The third kappa shape index (κ3) is 2.02. The molecule has 3 atom stereocenters. The molecular formula is C20H18N2O3. The maximum atomic E-state index is 12.6. The smallest absolute Gasteiger partial charge is 0.196 e. The summed E-state index contributed by atoms with van der Waals surface area (Å²) in [6, 6.07) is 3.83. The van der Waals surface area contributed by atoms with Crippen LogP contribution in [-0.2, 0) is 14.4 Å². The van der Waals surface area contributed by atoms with Gasteiger partial charge in [0.25, 0.3) is 0 Å². The highest BCUT2D eigenvalue weighted by atomic mass is 16.1. The highest BCUT2D eigenvalue weighted by Gasteiger charge is 2.59. The van der Waals surface area contributed by atoms with Crippen LogP contribution in [0.2, 0.25) is 0 Å². The van der Waals surface area contributed by atoms with Gasteiger partial charge in [0, 0.05) is 10.8 Å².